The number of piperidine rings is 1. The Balaban J connectivity index is 1.27. The van der Waals surface area contributed by atoms with Crippen LogP contribution >= 0.6 is 11.3 Å². The van der Waals surface area contributed by atoms with Crippen molar-refractivity contribution in [1.82, 2.24) is 14.5 Å². The first kappa shape index (κ1) is 22.9. The summed E-state index contributed by atoms with van der Waals surface area (Å²) in [6.45, 7) is 9.54. The third kappa shape index (κ3) is 4.56. The topological polar surface area (TPSA) is 61.7 Å². The molecule has 7 nitrogen and oxygen atoms in total. The van der Waals surface area contributed by atoms with Gasteiger partial charge in [0, 0.05) is 57.9 Å². The normalized spacial score (nSPS) is 16.9. The van der Waals surface area contributed by atoms with Gasteiger partial charge in [0.2, 0.25) is 11.9 Å². The van der Waals surface area contributed by atoms with E-state index in [0.29, 0.717) is 30.8 Å². The number of benzene rings is 1. The quantitative estimate of drug-likeness (QED) is 0.557. The van der Waals surface area contributed by atoms with Crippen LogP contribution in [-0.2, 0) is 11.3 Å². The fourth-order valence-electron chi connectivity index (χ4n) is 5.09. The van der Waals surface area contributed by atoms with Gasteiger partial charge in [0.25, 0.3) is 5.56 Å². The van der Waals surface area contributed by atoms with Crippen molar-refractivity contribution in [3.63, 3.8) is 0 Å². The molecule has 2 saturated heterocycles. The molecule has 4 heterocycles. The molecular weight excluding hydrogens is 446 g/mol. The largest absolute Gasteiger partial charge is 0.368 e. The molecule has 0 N–H and O–H groups in total. The minimum Gasteiger partial charge on any atom is -0.368 e. The first-order valence-electron chi connectivity index (χ1n) is 12.3. The van der Waals surface area contributed by atoms with E-state index in [1.165, 1.54) is 34.6 Å². The predicted octanol–water partition coefficient (Wildman–Crippen LogP) is 3.80. The molecule has 2 aromatic heterocycles. The number of piperazine rings is 1. The van der Waals surface area contributed by atoms with E-state index in [4.69, 9.17) is 4.98 Å². The molecule has 2 fully saturated rings. The third-order valence-corrected chi connectivity index (χ3v) is 7.96. The molecule has 0 bridgehead atoms. The molecule has 0 spiro atoms. The first-order valence-corrected chi connectivity index (χ1v) is 13.2. The number of anilines is 2. The molecule has 0 atom stereocenters. The molecule has 34 heavy (non-hydrogen) atoms. The number of hydrogen-bond donors (Lipinski definition) is 0. The summed E-state index contributed by atoms with van der Waals surface area (Å²) in [4.78, 5) is 37.8. The number of carbonyl (C=O) groups is 1. The van der Waals surface area contributed by atoms with Gasteiger partial charge in [-0.1, -0.05) is 12.1 Å². The van der Waals surface area contributed by atoms with E-state index < -0.39 is 0 Å². The van der Waals surface area contributed by atoms with Crippen molar-refractivity contribution in [3.8, 4) is 0 Å². The second-order valence-electron chi connectivity index (χ2n) is 9.46. The van der Waals surface area contributed by atoms with Crippen molar-refractivity contribution in [2.45, 2.75) is 46.1 Å². The Hall–Kier alpha value is -2.87. The lowest BCUT2D eigenvalue weighted by molar-refractivity contribution is -0.131. The van der Waals surface area contributed by atoms with Crippen LogP contribution in [0.25, 0.3) is 10.2 Å². The van der Waals surface area contributed by atoms with E-state index in [-0.39, 0.29) is 11.5 Å². The number of hydrogen-bond acceptors (Lipinski definition) is 6. The maximum absolute atomic E-state index is 13.3. The van der Waals surface area contributed by atoms with Gasteiger partial charge in [-0.25, -0.2) is 4.98 Å². The van der Waals surface area contributed by atoms with E-state index in [1.54, 1.807) is 4.57 Å². The number of rotatable bonds is 5. The Morgan fingerprint density at radius 1 is 0.971 bits per heavy atom. The molecule has 8 heteroatoms. The molecular formula is C26H33N5O2S. The van der Waals surface area contributed by atoms with Crippen LogP contribution < -0.4 is 15.4 Å². The van der Waals surface area contributed by atoms with Crippen molar-refractivity contribution in [1.29, 1.82) is 0 Å². The molecule has 1 amide bonds. The highest BCUT2D eigenvalue weighted by molar-refractivity contribution is 7.17. The van der Waals surface area contributed by atoms with Gasteiger partial charge < -0.3 is 14.7 Å². The fourth-order valence-corrected chi connectivity index (χ4v) is 5.87. The van der Waals surface area contributed by atoms with Crippen molar-refractivity contribution >= 4 is 39.1 Å². The number of nitrogens with zero attached hydrogens (tertiary/aromatic N) is 5. The van der Waals surface area contributed by atoms with Crippen LogP contribution in [0, 0.1) is 13.8 Å². The van der Waals surface area contributed by atoms with E-state index >= 15 is 0 Å². The van der Waals surface area contributed by atoms with Crippen LogP contribution in [0.1, 0.15) is 36.8 Å². The first-order chi connectivity index (χ1) is 16.5. The number of aryl methyl sites for hydroxylation is 2. The summed E-state index contributed by atoms with van der Waals surface area (Å²) in [7, 11) is 0. The zero-order valence-corrected chi connectivity index (χ0v) is 20.9. The second-order valence-corrected chi connectivity index (χ2v) is 10.4. The van der Waals surface area contributed by atoms with Crippen LogP contribution in [0.3, 0.4) is 0 Å². The van der Waals surface area contributed by atoms with Crippen LogP contribution in [0.2, 0.25) is 0 Å². The van der Waals surface area contributed by atoms with E-state index in [9.17, 15) is 9.59 Å². The van der Waals surface area contributed by atoms with Crippen LogP contribution in [0.15, 0.2) is 34.4 Å². The summed E-state index contributed by atoms with van der Waals surface area (Å²) in [5, 5.41) is 1.92. The molecule has 0 unspecified atom stereocenters. The Labute approximate surface area is 204 Å². The van der Waals surface area contributed by atoms with Crippen molar-refractivity contribution in [2.75, 3.05) is 49.1 Å². The third-order valence-electron chi connectivity index (χ3n) is 7.07. The summed E-state index contributed by atoms with van der Waals surface area (Å²) < 4.78 is 2.42. The standard InChI is InChI=1S/C26H33N5O2S/c1-19-6-7-20(2)22(18-19)28-13-15-29(16-14-28)23(32)8-12-31-25(33)24-21(9-17-34-24)27-26(31)30-10-4-3-5-11-30/h6-7,9,17-18H,3-5,8,10-16H2,1-2H3. The smallest absolute Gasteiger partial charge is 0.272 e. The molecule has 3 aromatic rings. The molecule has 2 aliphatic heterocycles. The maximum Gasteiger partial charge on any atom is 0.272 e. The van der Waals surface area contributed by atoms with Gasteiger partial charge in [-0.3, -0.25) is 14.2 Å². The molecule has 1 aromatic carbocycles. The summed E-state index contributed by atoms with van der Waals surface area (Å²) in [6.07, 6.45) is 3.76. The van der Waals surface area contributed by atoms with Gasteiger partial charge in [0.15, 0.2) is 0 Å². The predicted molar refractivity (Wildman–Crippen MR) is 139 cm³/mol. The van der Waals surface area contributed by atoms with E-state index in [2.05, 4.69) is 41.8 Å². The zero-order valence-electron chi connectivity index (χ0n) is 20.1. The van der Waals surface area contributed by atoms with Crippen molar-refractivity contribution < 1.29 is 4.79 Å². The molecule has 0 radical (unpaired) electrons. The number of thiophene rings is 1. The lowest BCUT2D eigenvalue weighted by atomic mass is 10.1. The van der Waals surface area contributed by atoms with Gasteiger partial charge in [0.05, 0.1) is 5.52 Å². The lowest BCUT2D eigenvalue weighted by Crippen LogP contribution is -2.49. The van der Waals surface area contributed by atoms with E-state index in [0.717, 1.165) is 50.5 Å². The van der Waals surface area contributed by atoms with Gasteiger partial charge in [0.1, 0.15) is 4.70 Å². The number of aromatic nitrogens is 2. The van der Waals surface area contributed by atoms with Gasteiger partial charge in [-0.15, -0.1) is 11.3 Å². The minimum absolute atomic E-state index is 0.0203. The monoisotopic (exact) mass is 479 g/mol. The summed E-state index contributed by atoms with van der Waals surface area (Å²) in [5.41, 5.74) is 4.53. The Kier molecular flexibility index (Phi) is 6.59. The SMILES string of the molecule is Cc1ccc(C)c(N2CCN(C(=O)CCn3c(N4CCCCC4)nc4ccsc4c3=O)CC2)c1. The molecule has 0 saturated carbocycles. The van der Waals surface area contributed by atoms with Crippen LogP contribution in [0.4, 0.5) is 11.6 Å². The average molecular weight is 480 g/mol. The second kappa shape index (κ2) is 9.78. The number of fused-ring (bicyclic) bond motifs is 1. The van der Waals surface area contributed by atoms with Crippen LogP contribution in [0.5, 0.6) is 0 Å². The summed E-state index contributed by atoms with van der Waals surface area (Å²) in [5.74, 6) is 0.839. The fraction of sp³-hybridized carbons (Fsp3) is 0.500. The van der Waals surface area contributed by atoms with Gasteiger partial charge in [-0.2, -0.15) is 0 Å². The zero-order chi connectivity index (χ0) is 23.7. The molecule has 180 valence electrons. The summed E-state index contributed by atoms with van der Waals surface area (Å²) in [6, 6.07) is 8.45. The highest BCUT2D eigenvalue weighted by atomic mass is 32.1. The highest BCUT2D eigenvalue weighted by Crippen LogP contribution is 2.24. The van der Waals surface area contributed by atoms with Crippen LogP contribution in [-0.4, -0.2) is 59.6 Å². The Morgan fingerprint density at radius 3 is 2.50 bits per heavy atom. The van der Waals surface area contributed by atoms with Crippen molar-refractivity contribution in [2.24, 2.45) is 0 Å². The lowest BCUT2D eigenvalue weighted by Gasteiger charge is -2.37. The number of amides is 1. The van der Waals surface area contributed by atoms with Gasteiger partial charge in [-0.05, 0) is 61.7 Å². The minimum atomic E-state index is -0.0203. The van der Waals surface area contributed by atoms with Gasteiger partial charge >= 0.3 is 0 Å². The molecule has 2 aliphatic rings. The number of carbonyl (C=O) groups excluding carboxylic acids is 1. The Morgan fingerprint density at radius 2 is 1.74 bits per heavy atom. The molecule has 0 aliphatic carbocycles. The van der Waals surface area contributed by atoms with Crippen molar-refractivity contribution in [3.05, 3.63) is 51.1 Å². The average Bonchev–Trinajstić information content (AvgIpc) is 3.34. The van der Waals surface area contributed by atoms with E-state index in [1.807, 2.05) is 16.3 Å². The summed E-state index contributed by atoms with van der Waals surface area (Å²) >= 11 is 1.43. The molecule has 5 rings (SSSR count). The maximum atomic E-state index is 13.3. The Bertz CT molecular complexity index is 1240. The highest BCUT2D eigenvalue weighted by Gasteiger charge is 2.24.